The van der Waals surface area contributed by atoms with Gasteiger partial charge in [-0.2, -0.15) is 0 Å². The second-order valence-corrected chi connectivity index (χ2v) is 6.83. The Bertz CT molecular complexity index is 572. The van der Waals surface area contributed by atoms with E-state index in [0.717, 1.165) is 43.1 Å². The van der Waals surface area contributed by atoms with E-state index in [0.29, 0.717) is 5.92 Å². The molecule has 1 atom stereocenters. The summed E-state index contributed by atoms with van der Waals surface area (Å²) in [4.78, 5) is 11.1. The number of carbonyl (C=O) groups is 1. The van der Waals surface area contributed by atoms with Gasteiger partial charge in [-0.05, 0) is 55.2 Å². The standard InChI is InChI=1S/C17H20O4/c18-16(19)8-13(11-1-2-11)12-3-4-14-15(7-12)21-10-17(5-6-17)9-20-14/h3-4,7,11,13H,1-2,5-6,8-10H2,(H,18,19). The zero-order valence-corrected chi connectivity index (χ0v) is 12.0. The number of hydrogen-bond donors (Lipinski definition) is 1. The lowest BCUT2D eigenvalue weighted by Gasteiger charge is -2.16. The van der Waals surface area contributed by atoms with E-state index in [-0.39, 0.29) is 17.8 Å². The molecule has 0 bridgehead atoms. The van der Waals surface area contributed by atoms with Crippen LogP contribution in [0, 0.1) is 11.3 Å². The minimum Gasteiger partial charge on any atom is -0.489 e. The highest BCUT2D eigenvalue weighted by molar-refractivity contribution is 5.68. The van der Waals surface area contributed by atoms with Gasteiger partial charge in [0.15, 0.2) is 11.5 Å². The minimum atomic E-state index is -0.726. The van der Waals surface area contributed by atoms with Gasteiger partial charge in [-0.1, -0.05) is 6.07 Å². The predicted octanol–water partition coefficient (Wildman–Crippen LogP) is 3.21. The van der Waals surface area contributed by atoms with E-state index in [1.54, 1.807) is 0 Å². The van der Waals surface area contributed by atoms with Crippen LogP contribution in [0.2, 0.25) is 0 Å². The Balaban J connectivity index is 1.59. The van der Waals surface area contributed by atoms with Gasteiger partial charge in [-0.25, -0.2) is 0 Å². The van der Waals surface area contributed by atoms with Gasteiger partial charge < -0.3 is 14.6 Å². The van der Waals surface area contributed by atoms with Crippen LogP contribution in [0.4, 0.5) is 0 Å². The fourth-order valence-corrected chi connectivity index (χ4v) is 3.20. The molecule has 21 heavy (non-hydrogen) atoms. The first-order valence-corrected chi connectivity index (χ1v) is 7.77. The fraction of sp³-hybridized carbons (Fsp3) is 0.588. The number of fused-ring (bicyclic) bond motifs is 1. The van der Waals surface area contributed by atoms with Gasteiger partial charge in [0, 0.05) is 5.41 Å². The topological polar surface area (TPSA) is 55.8 Å². The molecule has 0 aromatic heterocycles. The molecule has 1 aliphatic heterocycles. The SMILES string of the molecule is O=C(O)CC(c1ccc2c(c1)OCC1(CC1)CO2)C1CC1. The van der Waals surface area contributed by atoms with Crippen LogP contribution in [0.3, 0.4) is 0 Å². The maximum atomic E-state index is 11.1. The minimum absolute atomic E-state index is 0.106. The van der Waals surface area contributed by atoms with Crippen molar-refractivity contribution in [3.8, 4) is 11.5 Å². The largest absolute Gasteiger partial charge is 0.489 e. The molecule has 2 aliphatic carbocycles. The quantitative estimate of drug-likeness (QED) is 0.924. The van der Waals surface area contributed by atoms with E-state index in [4.69, 9.17) is 14.6 Å². The second kappa shape index (κ2) is 4.65. The van der Waals surface area contributed by atoms with Crippen molar-refractivity contribution in [2.45, 2.75) is 38.0 Å². The van der Waals surface area contributed by atoms with Gasteiger partial charge in [0.25, 0.3) is 0 Å². The molecule has 2 saturated carbocycles. The summed E-state index contributed by atoms with van der Waals surface area (Å²) in [5.74, 6) is 1.48. The molecule has 3 aliphatic rings. The average molecular weight is 288 g/mol. The van der Waals surface area contributed by atoms with E-state index >= 15 is 0 Å². The number of rotatable bonds is 4. The number of hydrogen-bond acceptors (Lipinski definition) is 3. The maximum absolute atomic E-state index is 11.1. The van der Waals surface area contributed by atoms with Gasteiger partial charge in [0.2, 0.25) is 0 Å². The van der Waals surface area contributed by atoms with E-state index in [9.17, 15) is 4.79 Å². The van der Waals surface area contributed by atoms with Crippen molar-refractivity contribution < 1.29 is 19.4 Å². The Morgan fingerprint density at radius 2 is 1.95 bits per heavy atom. The molecule has 1 heterocycles. The van der Waals surface area contributed by atoms with Crippen molar-refractivity contribution in [3.05, 3.63) is 23.8 Å². The number of carboxylic acid groups (broad SMARTS) is 1. The third-order valence-electron chi connectivity index (χ3n) is 5.01. The third kappa shape index (κ3) is 2.59. The second-order valence-electron chi connectivity index (χ2n) is 6.83. The molecular formula is C17H20O4. The first-order valence-electron chi connectivity index (χ1n) is 7.77. The first-order chi connectivity index (χ1) is 10.2. The Morgan fingerprint density at radius 3 is 2.57 bits per heavy atom. The normalized spacial score (nSPS) is 23.4. The summed E-state index contributed by atoms with van der Waals surface area (Å²) in [5.41, 5.74) is 1.31. The van der Waals surface area contributed by atoms with Gasteiger partial charge in [0.1, 0.15) is 0 Å². The van der Waals surface area contributed by atoms with Crippen molar-refractivity contribution in [2.75, 3.05) is 13.2 Å². The highest BCUT2D eigenvalue weighted by Crippen LogP contribution is 2.50. The summed E-state index contributed by atoms with van der Waals surface area (Å²) in [6, 6.07) is 5.96. The van der Waals surface area contributed by atoms with E-state index in [1.807, 2.05) is 18.2 Å². The van der Waals surface area contributed by atoms with Crippen LogP contribution < -0.4 is 9.47 Å². The zero-order chi connectivity index (χ0) is 14.4. The van der Waals surface area contributed by atoms with E-state index in [2.05, 4.69) is 0 Å². The molecule has 1 N–H and O–H groups in total. The monoisotopic (exact) mass is 288 g/mol. The van der Waals surface area contributed by atoms with Crippen molar-refractivity contribution in [2.24, 2.45) is 11.3 Å². The van der Waals surface area contributed by atoms with Crippen LogP contribution in [0.5, 0.6) is 11.5 Å². The molecule has 1 spiro atoms. The van der Waals surface area contributed by atoms with Crippen LogP contribution >= 0.6 is 0 Å². The van der Waals surface area contributed by atoms with Crippen LogP contribution in [-0.4, -0.2) is 24.3 Å². The van der Waals surface area contributed by atoms with Crippen molar-refractivity contribution in [1.29, 1.82) is 0 Å². The Morgan fingerprint density at radius 1 is 1.24 bits per heavy atom. The summed E-state index contributed by atoms with van der Waals surface area (Å²) >= 11 is 0. The van der Waals surface area contributed by atoms with Gasteiger partial charge >= 0.3 is 5.97 Å². The molecule has 112 valence electrons. The third-order valence-corrected chi connectivity index (χ3v) is 5.01. The van der Waals surface area contributed by atoms with Crippen molar-refractivity contribution >= 4 is 5.97 Å². The maximum Gasteiger partial charge on any atom is 0.303 e. The first kappa shape index (κ1) is 13.0. The van der Waals surface area contributed by atoms with Crippen LogP contribution in [0.25, 0.3) is 0 Å². The van der Waals surface area contributed by atoms with E-state index in [1.165, 1.54) is 12.8 Å². The molecule has 4 nitrogen and oxygen atoms in total. The Kier molecular flexibility index (Phi) is 2.88. The Labute approximate surface area is 124 Å². The molecular weight excluding hydrogens is 268 g/mol. The summed E-state index contributed by atoms with van der Waals surface area (Å²) in [5, 5.41) is 9.13. The van der Waals surface area contributed by atoms with Gasteiger partial charge in [-0.15, -0.1) is 0 Å². The summed E-state index contributed by atoms with van der Waals surface area (Å²) in [7, 11) is 0. The summed E-state index contributed by atoms with van der Waals surface area (Å²) in [6.07, 6.45) is 4.83. The molecule has 4 rings (SSSR count). The smallest absolute Gasteiger partial charge is 0.303 e. The van der Waals surface area contributed by atoms with E-state index < -0.39 is 5.97 Å². The van der Waals surface area contributed by atoms with Crippen LogP contribution in [-0.2, 0) is 4.79 Å². The molecule has 2 fully saturated rings. The highest BCUT2D eigenvalue weighted by Gasteiger charge is 2.46. The number of carboxylic acids is 1. The molecule has 1 aromatic carbocycles. The lowest BCUT2D eigenvalue weighted by molar-refractivity contribution is -0.137. The number of aliphatic carboxylic acids is 1. The molecule has 1 aromatic rings. The lowest BCUT2D eigenvalue weighted by atomic mass is 9.91. The lowest BCUT2D eigenvalue weighted by Crippen LogP contribution is -2.17. The zero-order valence-electron chi connectivity index (χ0n) is 12.0. The summed E-state index contributed by atoms with van der Waals surface area (Å²) in [6.45, 7) is 1.46. The van der Waals surface area contributed by atoms with Crippen molar-refractivity contribution in [3.63, 3.8) is 0 Å². The predicted molar refractivity (Wildman–Crippen MR) is 76.8 cm³/mol. The van der Waals surface area contributed by atoms with Gasteiger partial charge in [0.05, 0.1) is 19.6 Å². The summed E-state index contributed by atoms with van der Waals surface area (Å²) < 4.78 is 11.8. The number of ether oxygens (including phenoxy) is 2. The Hall–Kier alpha value is -1.71. The van der Waals surface area contributed by atoms with Crippen LogP contribution in [0.15, 0.2) is 18.2 Å². The van der Waals surface area contributed by atoms with Gasteiger partial charge in [-0.3, -0.25) is 4.79 Å². The molecule has 0 radical (unpaired) electrons. The fourth-order valence-electron chi connectivity index (χ4n) is 3.20. The average Bonchev–Trinajstić information content (AvgIpc) is 3.36. The molecule has 1 unspecified atom stereocenters. The molecule has 4 heteroatoms. The highest BCUT2D eigenvalue weighted by atomic mass is 16.5. The van der Waals surface area contributed by atoms with Crippen LogP contribution in [0.1, 0.15) is 43.6 Å². The molecule has 0 amide bonds. The van der Waals surface area contributed by atoms with Crippen molar-refractivity contribution in [1.82, 2.24) is 0 Å². The number of benzene rings is 1. The molecule has 0 saturated heterocycles.